The predicted octanol–water partition coefficient (Wildman–Crippen LogP) is 2.31. The summed E-state index contributed by atoms with van der Waals surface area (Å²) in [5.41, 5.74) is -0.0212. The van der Waals surface area contributed by atoms with Gasteiger partial charge in [-0.3, -0.25) is 0 Å². The number of nitrogens with zero attached hydrogens (tertiary/aromatic N) is 1. The van der Waals surface area contributed by atoms with Gasteiger partial charge in [-0.1, -0.05) is 12.1 Å². The van der Waals surface area contributed by atoms with Crippen LogP contribution < -0.4 is 0 Å². The third-order valence-electron chi connectivity index (χ3n) is 3.94. The number of alkyl halides is 3. The first-order valence-electron chi connectivity index (χ1n) is 7.46. The topological polar surface area (TPSA) is 43.7 Å². The highest BCUT2D eigenvalue weighted by Gasteiger charge is 2.31. The molecule has 0 saturated heterocycles. The normalized spacial score (nSPS) is 18.5. The van der Waals surface area contributed by atoms with Crippen LogP contribution in [0.1, 0.15) is 24.0 Å². The van der Waals surface area contributed by atoms with Crippen LogP contribution in [-0.2, 0) is 12.6 Å². The summed E-state index contributed by atoms with van der Waals surface area (Å²) in [7, 11) is 1.82. The van der Waals surface area contributed by atoms with Crippen molar-refractivity contribution in [3.8, 4) is 0 Å². The summed E-state index contributed by atoms with van der Waals surface area (Å²) in [5, 5.41) is 19.9. The molecular weight excluding hydrogens is 295 g/mol. The molecule has 2 atom stereocenters. The number of benzene rings is 1. The third kappa shape index (κ3) is 5.26. The molecule has 2 unspecified atom stereocenters. The van der Waals surface area contributed by atoms with Gasteiger partial charge in [0.25, 0.3) is 0 Å². The van der Waals surface area contributed by atoms with Crippen LogP contribution in [0, 0.1) is 5.92 Å². The smallest absolute Gasteiger partial charge is 0.392 e. The largest absolute Gasteiger partial charge is 0.416 e. The zero-order valence-electron chi connectivity index (χ0n) is 12.6. The van der Waals surface area contributed by atoms with E-state index in [0.717, 1.165) is 25.0 Å². The van der Waals surface area contributed by atoms with Crippen molar-refractivity contribution in [1.82, 2.24) is 4.90 Å². The molecule has 22 heavy (non-hydrogen) atoms. The lowest BCUT2D eigenvalue weighted by Crippen LogP contribution is -2.36. The molecule has 1 fully saturated rings. The maximum atomic E-state index is 12.5. The van der Waals surface area contributed by atoms with Crippen molar-refractivity contribution in [3.05, 3.63) is 35.4 Å². The molecule has 0 bridgehead atoms. The zero-order valence-corrected chi connectivity index (χ0v) is 12.6. The Kier molecular flexibility index (Phi) is 5.47. The zero-order chi connectivity index (χ0) is 16.3. The van der Waals surface area contributed by atoms with Gasteiger partial charge in [0, 0.05) is 13.1 Å². The highest BCUT2D eigenvalue weighted by Crippen LogP contribution is 2.32. The fraction of sp³-hybridized carbons (Fsp3) is 0.625. The molecule has 2 rings (SSSR count). The highest BCUT2D eigenvalue weighted by atomic mass is 19.4. The second-order valence-electron chi connectivity index (χ2n) is 6.18. The van der Waals surface area contributed by atoms with Gasteiger partial charge in [0.2, 0.25) is 0 Å². The van der Waals surface area contributed by atoms with Crippen molar-refractivity contribution in [1.29, 1.82) is 0 Å². The Morgan fingerprint density at radius 2 is 1.73 bits per heavy atom. The van der Waals surface area contributed by atoms with E-state index in [2.05, 4.69) is 0 Å². The van der Waals surface area contributed by atoms with E-state index in [0.29, 0.717) is 31.0 Å². The van der Waals surface area contributed by atoms with Gasteiger partial charge in [0.05, 0.1) is 17.8 Å². The molecule has 1 saturated carbocycles. The van der Waals surface area contributed by atoms with E-state index in [9.17, 15) is 23.4 Å². The second kappa shape index (κ2) is 6.98. The molecule has 0 aromatic heterocycles. The van der Waals surface area contributed by atoms with Gasteiger partial charge >= 0.3 is 6.18 Å². The van der Waals surface area contributed by atoms with E-state index >= 15 is 0 Å². The Hall–Kier alpha value is -1.11. The van der Waals surface area contributed by atoms with Crippen LogP contribution in [0.2, 0.25) is 0 Å². The quantitative estimate of drug-likeness (QED) is 0.811. The molecule has 0 aliphatic heterocycles. The minimum absolute atomic E-state index is 0.294. The first-order chi connectivity index (χ1) is 10.3. The summed E-state index contributed by atoms with van der Waals surface area (Å²) in [4.78, 5) is 1.86. The van der Waals surface area contributed by atoms with Crippen molar-refractivity contribution in [2.24, 2.45) is 5.92 Å². The first-order valence-corrected chi connectivity index (χ1v) is 7.46. The van der Waals surface area contributed by atoms with Crippen molar-refractivity contribution in [2.45, 2.75) is 37.6 Å². The lowest BCUT2D eigenvalue weighted by Gasteiger charge is -2.23. The highest BCUT2D eigenvalue weighted by molar-refractivity contribution is 5.25. The van der Waals surface area contributed by atoms with Gasteiger partial charge < -0.3 is 15.1 Å². The monoisotopic (exact) mass is 317 g/mol. The molecule has 1 aromatic rings. The molecule has 1 aromatic carbocycles. The lowest BCUT2D eigenvalue weighted by molar-refractivity contribution is -0.137. The van der Waals surface area contributed by atoms with E-state index in [1.165, 1.54) is 12.1 Å². The van der Waals surface area contributed by atoms with Crippen molar-refractivity contribution in [2.75, 3.05) is 20.1 Å². The Balaban J connectivity index is 1.79. The van der Waals surface area contributed by atoms with E-state index < -0.39 is 17.8 Å². The first kappa shape index (κ1) is 17.2. The molecule has 0 spiro atoms. The molecule has 124 valence electrons. The minimum atomic E-state index is -4.34. The Morgan fingerprint density at radius 3 is 2.23 bits per heavy atom. The lowest BCUT2D eigenvalue weighted by atomic mass is 10.1. The standard InChI is InChI=1S/C16H22F3NO2/c1-20(10-15(22)12-4-5-12)9-14(21)8-11-2-6-13(7-3-11)16(17,18)19/h2-3,6-7,12,14-15,21-22H,4-5,8-10H2,1H3. The van der Waals surface area contributed by atoms with Crippen molar-refractivity contribution < 1.29 is 23.4 Å². The van der Waals surface area contributed by atoms with E-state index in [-0.39, 0.29) is 6.10 Å². The third-order valence-corrected chi connectivity index (χ3v) is 3.94. The molecule has 3 nitrogen and oxygen atoms in total. The van der Waals surface area contributed by atoms with Crippen LogP contribution in [0.15, 0.2) is 24.3 Å². The number of hydrogen-bond donors (Lipinski definition) is 2. The number of aliphatic hydroxyl groups is 2. The Labute approximate surface area is 128 Å². The van der Waals surface area contributed by atoms with E-state index in [1.54, 1.807) is 0 Å². The number of aliphatic hydroxyl groups excluding tert-OH is 2. The van der Waals surface area contributed by atoms with E-state index in [1.807, 2.05) is 11.9 Å². The predicted molar refractivity (Wildman–Crippen MR) is 77.4 cm³/mol. The van der Waals surface area contributed by atoms with Crippen molar-refractivity contribution in [3.63, 3.8) is 0 Å². The molecule has 1 aliphatic carbocycles. The fourth-order valence-electron chi connectivity index (χ4n) is 2.55. The van der Waals surface area contributed by atoms with Crippen LogP contribution in [0.25, 0.3) is 0 Å². The summed E-state index contributed by atoms with van der Waals surface area (Å²) in [6.45, 7) is 0.888. The molecule has 2 N–H and O–H groups in total. The summed E-state index contributed by atoms with van der Waals surface area (Å²) in [6.07, 6.45) is -2.96. The fourth-order valence-corrected chi connectivity index (χ4v) is 2.55. The SMILES string of the molecule is CN(CC(O)Cc1ccc(C(F)(F)F)cc1)CC(O)C1CC1. The Morgan fingerprint density at radius 1 is 1.14 bits per heavy atom. The van der Waals surface area contributed by atoms with Crippen LogP contribution in [0.3, 0.4) is 0 Å². The van der Waals surface area contributed by atoms with Gasteiger partial charge in [-0.2, -0.15) is 13.2 Å². The summed E-state index contributed by atoms with van der Waals surface area (Å²) in [5.74, 6) is 0.384. The summed E-state index contributed by atoms with van der Waals surface area (Å²) in [6, 6.07) is 4.85. The second-order valence-corrected chi connectivity index (χ2v) is 6.18. The minimum Gasteiger partial charge on any atom is -0.392 e. The van der Waals surface area contributed by atoms with Crippen molar-refractivity contribution >= 4 is 0 Å². The number of rotatable bonds is 7. The average Bonchev–Trinajstić information content (AvgIpc) is 3.21. The molecule has 0 radical (unpaired) electrons. The van der Waals surface area contributed by atoms with Gasteiger partial charge in [-0.25, -0.2) is 0 Å². The molecule has 0 amide bonds. The molecule has 6 heteroatoms. The van der Waals surface area contributed by atoms with Gasteiger partial charge in [-0.15, -0.1) is 0 Å². The summed E-state index contributed by atoms with van der Waals surface area (Å²) < 4.78 is 37.4. The number of halogens is 3. The van der Waals surface area contributed by atoms with Gasteiger partial charge in [-0.05, 0) is 49.9 Å². The van der Waals surface area contributed by atoms with Crippen LogP contribution in [0.5, 0.6) is 0 Å². The van der Waals surface area contributed by atoms with E-state index in [4.69, 9.17) is 0 Å². The maximum absolute atomic E-state index is 12.5. The van der Waals surface area contributed by atoms with Gasteiger partial charge in [0.15, 0.2) is 0 Å². The van der Waals surface area contributed by atoms with Gasteiger partial charge in [0.1, 0.15) is 0 Å². The average molecular weight is 317 g/mol. The maximum Gasteiger partial charge on any atom is 0.416 e. The molecule has 1 aliphatic rings. The molecular formula is C16H22F3NO2. The van der Waals surface area contributed by atoms with Crippen LogP contribution >= 0.6 is 0 Å². The van der Waals surface area contributed by atoms with Crippen LogP contribution in [-0.4, -0.2) is 47.5 Å². The number of hydrogen-bond acceptors (Lipinski definition) is 3. The number of likely N-dealkylation sites (N-methyl/N-ethyl adjacent to an activating group) is 1. The summed E-state index contributed by atoms with van der Waals surface area (Å²) >= 11 is 0. The van der Waals surface area contributed by atoms with Crippen LogP contribution in [0.4, 0.5) is 13.2 Å². The molecule has 0 heterocycles. The Bertz CT molecular complexity index is 471.